The first-order valence-electron chi connectivity index (χ1n) is 14.3. The quantitative estimate of drug-likeness (QED) is 0.327. The van der Waals surface area contributed by atoms with Gasteiger partial charge in [-0.05, 0) is 66.9 Å². The maximum Gasteiger partial charge on any atom is 0.573 e. The number of hydrogen-bond acceptors (Lipinski definition) is 8. The molecule has 3 aromatic carbocycles. The van der Waals surface area contributed by atoms with Gasteiger partial charge in [0.05, 0.1) is 35.5 Å². The molecule has 0 bridgehead atoms. The van der Waals surface area contributed by atoms with Crippen LogP contribution in [-0.2, 0) is 4.74 Å². The molecule has 1 spiro atoms. The highest BCUT2D eigenvalue weighted by atomic mass is 19.4. The Hall–Kier alpha value is -4.31. The highest BCUT2D eigenvalue weighted by Gasteiger charge is 2.45. The van der Waals surface area contributed by atoms with Crippen molar-refractivity contribution in [1.29, 1.82) is 5.26 Å². The standard InChI is InChI=1S/C32H33F3N4O5/c33-32(34,35)44-25-11-9-24(10-12-25)38-16-14-31(20-38)21-39(17-18-43-31)27(29(41)23-7-5-22(19-36)6-8-23)13-15-37-30(42)26-3-1-2-4-28(26)40/h1-12,27,29,40-41H,13-18,20-21H2,(H,37,42). The number of aliphatic hydroxyl groups excluding tert-OH is 1. The lowest BCUT2D eigenvalue weighted by Crippen LogP contribution is -2.57. The number of nitriles is 1. The number of alkyl halides is 3. The molecule has 5 rings (SSSR count). The number of carbonyl (C=O) groups excluding carboxylic acids is 1. The van der Waals surface area contributed by atoms with Gasteiger partial charge >= 0.3 is 6.36 Å². The second-order valence-corrected chi connectivity index (χ2v) is 11.0. The molecule has 0 radical (unpaired) electrons. The Morgan fingerprint density at radius 1 is 1.07 bits per heavy atom. The molecule has 44 heavy (non-hydrogen) atoms. The molecular formula is C32H33F3N4O5. The van der Waals surface area contributed by atoms with Crippen LogP contribution in [0, 0.1) is 11.3 Å². The number of ether oxygens (including phenoxy) is 2. The zero-order chi connectivity index (χ0) is 31.3. The van der Waals surface area contributed by atoms with Crippen molar-refractivity contribution in [2.75, 3.05) is 44.2 Å². The number of para-hydroxylation sites is 1. The van der Waals surface area contributed by atoms with Crippen molar-refractivity contribution in [3.05, 3.63) is 89.5 Å². The van der Waals surface area contributed by atoms with Gasteiger partial charge in [0.1, 0.15) is 11.5 Å². The van der Waals surface area contributed by atoms with Gasteiger partial charge < -0.3 is 29.9 Å². The van der Waals surface area contributed by atoms with Crippen molar-refractivity contribution in [2.45, 2.75) is 37.0 Å². The Morgan fingerprint density at radius 3 is 2.48 bits per heavy atom. The second kappa shape index (κ2) is 13.1. The fourth-order valence-corrected chi connectivity index (χ4v) is 5.94. The zero-order valence-electron chi connectivity index (χ0n) is 23.8. The first kappa shape index (κ1) is 31.1. The topological polar surface area (TPSA) is 118 Å². The molecule has 9 nitrogen and oxygen atoms in total. The number of phenols is 1. The van der Waals surface area contributed by atoms with Gasteiger partial charge in [-0.3, -0.25) is 9.69 Å². The van der Waals surface area contributed by atoms with E-state index in [4.69, 9.17) is 4.74 Å². The number of aromatic hydroxyl groups is 1. The van der Waals surface area contributed by atoms with Gasteiger partial charge in [-0.15, -0.1) is 13.2 Å². The molecule has 2 aliphatic rings. The molecule has 2 saturated heterocycles. The molecular weight excluding hydrogens is 577 g/mol. The third-order valence-corrected chi connectivity index (χ3v) is 8.12. The number of anilines is 1. The van der Waals surface area contributed by atoms with Gasteiger partial charge in [-0.25, -0.2) is 0 Å². The Balaban J connectivity index is 1.29. The summed E-state index contributed by atoms with van der Waals surface area (Å²) in [6.45, 7) is 2.81. The number of hydrogen-bond donors (Lipinski definition) is 3. The monoisotopic (exact) mass is 610 g/mol. The van der Waals surface area contributed by atoms with Crippen LogP contribution in [-0.4, -0.2) is 78.4 Å². The smallest absolute Gasteiger partial charge is 0.507 e. The Bertz CT molecular complexity index is 1480. The summed E-state index contributed by atoms with van der Waals surface area (Å²) in [7, 11) is 0. The van der Waals surface area contributed by atoms with Crippen LogP contribution in [0.4, 0.5) is 18.9 Å². The number of amides is 1. The number of rotatable bonds is 9. The average Bonchev–Trinajstić information content (AvgIpc) is 3.41. The summed E-state index contributed by atoms with van der Waals surface area (Å²) in [6.07, 6.45) is -4.63. The normalized spacial score (nSPS) is 20.2. The molecule has 0 aromatic heterocycles. The minimum atomic E-state index is -4.76. The molecule has 3 N–H and O–H groups in total. The molecule has 3 atom stereocenters. The van der Waals surface area contributed by atoms with Crippen LogP contribution in [0.1, 0.15) is 40.4 Å². The largest absolute Gasteiger partial charge is 0.573 e. The fraction of sp³-hybridized carbons (Fsp3) is 0.375. The van der Waals surface area contributed by atoms with Gasteiger partial charge in [0, 0.05) is 44.5 Å². The summed E-state index contributed by atoms with van der Waals surface area (Å²) in [4.78, 5) is 16.9. The van der Waals surface area contributed by atoms with E-state index in [9.17, 15) is 33.4 Å². The summed E-state index contributed by atoms with van der Waals surface area (Å²) in [5.41, 5.74) is 1.45. The first-order valence-corrected chi connectivity index (χ1v) is 14.3. The van der Waals surface area contributed by atoms with Crippen molar-refractivity contribution in [3.8, 4) is 17.6 Å². The van der Waals surface area contributed by atoms with Gasteiger partial charge in [0.15, 0.2) is 0 Å². The molecule has 2 fully saturated rings. The van der Waals surface area contributed by atoms with Crippen LogP contribution in [0.5, 0.6) is 11.5 Å². The molecule has 1 amide bonds. The van der Waals surface area contributed by atoms with Crippen LogP contribution in [0.15, 0.2) is 72.8 Å². The van der Waals surface area contributed by atoms with E-state index in [2.05, 4.69) is 25.9 Å². The number of morpholine rings is 1. The number of nitrogens with one attached hydrogen (secondary N) is 1. The van der Waals surface area contributed by atoms with E-state index < -0.39 is 30.0 Å². The third-order valence-electron chi connectivity index (χ3n) is 8.12. The lowest BCUT2D eigenvalue weighted by Gasteiger charge is -2.45. The minimum absolute atomic E-state index is 0.123. The van der Waals surface area contributed by atoms with E-state index in [1.807, 2.05) is 0 Å². The molecule has 0 saturated carbocycles. The molecule has 3 unspecified atom stereocenters. The minimum Gasteiger partial charge on any atom is -0.507 e. The van der Waals surface area contributed by atoms with E-state index >= 15 is 0 Å². The lowest BCUT2D eigenvalue weighted by molar-refractivity contribution is -0.274. The predicted octanol–water partition coefficient (Wildman–Crippen LogP) is 4.37. The van der Waals surface area contributed by atoms with Gasteiger partial charge in [0.2, 0.25) is 0 Å². The van der Waals surface area contributed by atoms with Crippen molar-refractivity contribution < 1.29 is 37.7 Å². The van der Waals surface area contributed by atoms with Crippen LogP contribution >= 0.6 is 0 Å². The number of carbonyl (C=O) groups is 1. The second-order valence-electron chi connectivity index (χ2n) is 11.0. The molecule has 2 heterocycles. The van der Waals surface area contributed by atoms with Gasteiger partial charge in [-0.2, -0.15) is 5.26 Å². The van der Waals surface area contributed by atoms with E-state index in [-0.39, 0.29) is 23.6 Å². The maximum atomic E-state index is 12.7. The van der Waals surface area contributed by atoms with Crippen LogP contribution in [0.25, 0.3) is 0 Å². The van der Waals surface area contributed by atoms with Gasteiger partial charge in [-0.1, -0.05) is 24.3 Å². The number of nitrogens with zero attached hydrogens (tertiary/aromatic N) is 3. The SMILES string of the molecule is N#Cc1ccc(C(O)C(CCNC(=O)c2ccccc2O)N2CCOC3(CCN(c4ccc(OC(F)(F)F)cc4)C3)C2)cc1. The lowest BCUT2D eigenvalue weighted by atomic mass is 9.93. The summed E-state index contributed by atoms with van der Waals surface area (Å²) < 4.78 is 48.0. The Labute approximate surface area is 253 Å². The first-order chi connectivity index (χ1) is 21.1. The van der Waals surface area contributed by atoms with Gasteiger partial charge in [0.25, 0.3) is 5.91 Å². The van der Waals surface area contributed by atoms with Crippen LogP contribution in [0.3, 0.4) is 0 Å². The zero-order valence-corrected chi connectivity index (χ0v) is 23.8. The predicted molar refractivity (Wildman–Crippen MR) is 155 cm³/mol. The third kappa shape index (κ3) is 7.42. The van der Waals surface area contributed by atoms with Crippen molar-refractivity contribution in [1.82, 2.24) is 10.2 Å². The Kier molecular flexibility index (Phi) is 9.29. The fourth-order valence-electron chi connectivity index (χ4n) is 5.94. The molecule has 12 heteroatoms. The summed E-state index contributed by atoms with van der Waals surface area (Å²) >= 11 is 0. The summed E-state index contributed by atoms with van der Waals surface area (Å²) in [5, 5.41) is 33.7. The number of aliphatic hydroxyl groups is 1. The summed E-state index contributed by atoms with van der Waals surface area (Å²) in [6, 6.07) is 20.4. The highest BCUT2D eigenvalue weighted by molar-refractivity contribution is 5.96. The van der Waals surface area contributed by atoms with E-state index in [1.54, 1.807) is 48.5 Å². The molecule has 3 aromatic rings. The van der Waals surface area contributed by atoms with Crippen molar-refractivity contribution in [3.63, 3.8) is 0 Å². The average molecular weight is 611 g/mol. The van der Waals surface area contributed by atoms with E-state index in [0.717, 1.165) is 5.69 Å². The number of phenolic OH excluding ortho intramolecular Hbond substituents is 1. The highest BCUT2D eigenvalue weighted by Crippen LogP contribution is 2.36. The number of halogens is 3. The van der Waals surface area contributed by atoms with E-state index in [0.29, 0.717) is 56.8 Å². The van der Waals surface area contributed by atoms with Crippen LogP contribution in [0.2, 0.25) is 0 Å². The van der Waals surface area contributed by atoms with E-state index in [1.165, 1.54) is 24.3 Å². The van der Waals surface area contributed by atoms with Crippen molar-refractivity contribution in [2.24, 2.45) is 0 Å². The van der Waals surface area contributed by atoms with Crippen molar-refractivity contribution >= 4 is 11.6 Å². The number of benzene rings is 3. The molecule has 232 valence electrons. The Morgan fingerprint density at radius 2 is 1.80 bits per heavy atom. The van der Waals surface area contributed by atoms with Crippen LogP contribution < -0.4 is 15.0 Å². The molecule has 2 aliphatic heterocycles. The summed E-state index contributed by atoms with van der Waals surface area (Å²) in [5.74, 6) is -0.835. The molecule has 0 aliphatic carbocycles. The maximum absolute atomic E-state index is 12.7.